The van der Waals surface area contributed by atoms with Gasteiger partial charge in [-0.1, -0.05) is 26.0 Å². The fourth-order valence-corrected chi connectivity index (χ4v) is 4.55. The molecule has 0 bridgehead atoms. The number of anilines is 2. The van der Waals surface area contributed by atoms with Crippen molar-refractivity contribution in [1.29, 1.82) is 0 Å². The largest absolute Gasteiger partial charge is 0.494 e. The summed E-state index contributed by atoms with van der Waals surface area (Å²) < 4.78 is 7.98. The minimum atomic E-state index is 0.487. The van der Waals surface area contributed by atoms with E-state index < -0.39 is 0 Å². The van der Waals surface area contributed by atoms with E-state index in [-0.39, 0.29) is 0 Å². The lowest BCUT2D eigenvalue weighted by molar-refractivity contribution is 0.226. The minimum Gasteiger partial charge on any atom is -0.494 e. The van der Waals surface area contributed by atoms with Gasteiger partial charge in [0.15, 0.2) is 0 Å². The molecule has 1 aliphatic carbocycles. The third-order valence-electron chi connectivity index (χ3n) is 5.54. The molecule has 0 radical (unpaired) electrons. The minimum absolute atomic E-state index is 0.487. The summed E-state index contributed by atoms with van der Waals surface area (Å²) in [7, 11) is 0. The molecule has 4 nitrogen and oxygen atoms in total. The maximum absolute atomic E-state index is 5.55. The van der Waals surface area contributed by atoms with Crippen LogP contribution in [0.5, 0.6) is 5.75 Å². The molecule has 0 aliphatic heterocycles. The lowest BCUT2D eigenvalue weighted by Crippen LogP contribution is -2.23. The Morgan fingerprint density at radius 3 is 2.41 bits per heavy atom. The molecule has 0 amide bonds. The molecule has 1 aliphatic rings. The van der Waals surface area contributed by atoms with Gasteiger partial charge in [0.25, 0.3) is 0 Å². The van der Waals surface area contributed by atoms with E-state index in [1.54, 1.807) is 0 Å². The van der Waals surface area contributed by atoms with Crippen molar-refractivity contribution in [3.8, 4) is 5.75 Å². The zero-order valence-corrected chi connectivity index (χ0v) is 16.5. The van der Waals surface area contributed by atoms with E-state index in [1.165, 1.54) is 24.8 Å². The Morgan fingerprint density at radius 2 is 1.70 bits per heavy atom. The van der Waals surface area contributed by atoms with Crippen LogP contribution in [0.25, 0.3) is 11.0 Å². The van der Waals surface area contributed by atoms with Gasteiger partial charge in [0, 0.05) is 11.7 Å². The number of imidazole rings is 1. The molecule has 0 saturated heterocycles. The van der Waals surface area contributed by atoms with Crippen LogP contribution in [-0.4, -0.2) is 16.2 Å². The van der Waals surface area contributed by atoms with E-state index in [0.717, 1.165) is 34.7 Å². The Labute approximate surface area is 161 Å². The topological polar surface area (TPSA) is 39.1 Å². The highest BCUT2D eigenvalue weighted by atomic mass is 16.5. The lowest BCUT2D eigenvalue weighted by atomic mass is 9.80. The third-order valence-corrected chi connectivity index (χ3v) is 5.54. The Bertz CT molecular complexity index is 890. The molecule has 1 saturated carbocycles. The number of nitrogens with zero attached hydrogens (tertiary/aromatic N) is 2. The van der Waals surface area contributed by atoms with Gasteiger partial charge in [0.2, 0.25) is 5.95 Å². The smallest absolute Gasteiger partial charge is 0.208 e. The number of fused-ring (bicyclic) bond motifs is 1. The second-order valence-electron chi connectivity index (χ2n) is 7.95. The van der Waals surface area contributed by atoms with Gasteiger partial charge < -0.3 is 14.6 Å². The van der Waals surface area contributed by atoms with Gasteiger partial charge in [-0.2, -0.15) is 0 Å². The molecule has 2 unspecified atom stereocenters. The second-order valence-corrected chi connectivity index (χ2v) is 7.95. The summed E-state index contributed by atoms with van der Waals surface area (Å²) in [5.41, 5.74) is 3.31. The highest BCUT2D eigenvalue weighted by Gasteiger charge is 2.28. The average Bonchev–Trinajstić information content (AvgIpc) is 3.00. The van der Waals surface area contributed by atoms with Crippen LogP contribution in [0.15, 0.2) is 48.5 Å². The van der Waals surface area contributed by atoms with Crippen molar-refractivity contribution in [2.75, 3.05) is 11.9 Å². The summed E-state index contributed by atoms with van der Waals surface area (Å²) in [5.74, 6) is 3.33. The SMILES string of the molecule is CCOc1ccc(Nc2nc3ccccc3n2C2CC(C)CC(C)C2)cc1. The maximum atomic E-state index is 5.55. The molecule has 1 aromatic heterocycles. The number of para-hydroxylation sites is 2. The van der Waals surface area contributed by atoms with Gasteiger partial charge in [0.05, 0.1) is 17.6 Å². The van der Waals surface area contributed by atoms with E-state index >= 15 is 0 Å². The Kier molecular flexibility index (Phi) is 5.06. The van der Waals surface area contributed by atoms with E-state index in [4.69, 9.17) is 9.72 Å². The molecule has 142 valence electrons. The van der Waals surface area contributed by atoms with Crippen LogP contribution in [0.4, 0.5) is 11.6 Å². The Balaban J connectivity index is 1.69. The fraction of sp³-hybridized carbons (Fsp3) is 0.435. The van der Waals surface area contributed by atoms with Gasteiger partial charge in [-0.05, 0) is 74.4 Å². The van der Waals surface area contributed by atoms with Crippen LogP contribution in [0.3, 0.4) is 0 Å². The quantitative estimate of drug-likeness (QED) is 0.588. The zero-order chi connectivity index (χ0) is 18.8. The number of hydrogen-bond donors (Lipinski definition) is 1. The summed E-state index contributed by atoms with van der Waals surface area (Å²) in [5, 5.41) is 3.55. The zero-order valence-electron chi connectivity index (χ0n) is 16.5. The molecular formula is C23H29N3O. The van der Waals surface area contributed by atoms with Gasteiger partial charge in [0.1, 0.15) is 5.75 Å². The first-order chi connectivity index (χ1) is 13.1. The van der Waals surface area contributed by atoms with Gasteiger partial charge in [-0.3, -0.25) is 0 Å². The molecule has 2 atom stereocenters. The maximum Gasteiger partial charge on any atom is 0.208 e. The molecule has 1 heterocycles. The van der Waals surface area contributed by atoms with Gasteiger partial charge in [-0.15, -0.1) is 0 Å². The fourth-order valence-electron chi connectivity index (χ4n) is 4.55. The van der Waals surface area contributed by atoms with Crippen molar-refractivity contribution in [1.82, 2.24) is 9.55 Å². The van der Waals surface area contributed by atoms with Crippen molar-refractivity contribution in [2.24, 2.45) is 11.8 Å². The van der Waals surface area contributed by atoms with Crippen molar-refractivity contribution in [3.63, 3.8) is 0 Å². The monoisotopic (exact) mass is 363 g/mol. The highest BCUT2D eigenvalue weighted by Crippen LogP contribution is 2.39. The molecule has 27 heavy (non-hydrogen) atoms. The first kappa shape index (κ1) is 17.9. The Hall–Kier alpha value is -2.49. The van der Waals surface area contributed by atoms with Crippen LogP contribution < -0.4 is 10.1 Å². The number of benzene rings is 2. The summed E-state index contributed by atoms with van der Waals surface area (Å²) in [6.45, 7) is 7.43. The molecule has 2 aromatic carbocycles. The molecule has 4 heteroatoms. The van der Waals surface area contributed by atoms with Crippen LogP contribution in [0.2, 0.25) is 0 Å². The first-order valence-electron chi connectivity index (χ1n) is 10.1. The second kappa shape index (κ2) is 7.63. The van der Waals surface area contributed by atoms with Crippen molar-refractivity contribution >= 4 is 22.7 Å². The molecule has 1 fully saturated rings. The summed E-state index contributed by atoms with van der Waals surface area (Å²) in [6.07, 6.45) is 3.75. The summed E-state index contributed by atoms with van der Waals surface area (Å²) >= 11 is 0. The number of hydrogen-bond acceptors (Lipinski definition) is 3. The predicted octanol–water partition coefficient (Wildman–Crippen LogP) is 6.18. The van der Waals surface area contributed by atoms with Crippen LogP contribution >= 0.6 is 0 Å². The number of nitrogens with one attached hydrogen (secondary N) is 1. The normalized spacial score (nSPS) is 22.7. The molecule has 3 aromatic rings. The Morgan fingerprint density at radius 1 is 1.00 bits per heavy atom. The highest BCUT2D eigenvalue weighted by molar-refractivity contribution is 5.80. The summed E-state index contributed by atoms with van der Waals surface area (Å²) in [4.78, 5) is 4.91. The van der Waals surface area contributed by atoms with Crippen molar-refractivity contribution < 1.29 is 4.74 Å². The molecule has 0 spiro atoms. The van der Waals surface area contributed by atoms with E-state index in [1.807, 2.05) is 19.1 Å². The van der Waals surface area contributed by atoms with Gasteiger partial charge in [-0.25, -0.2) is 4.98 Å². The third kappa shape index (κ3) is 3.80. The average molecular weight is 364 g/mol. The van der Waals surface area contributed by atoms with E-state index in [2.05, 4.69) is 60.1 Å². The van der Waals surface area contributed by atoms with Crippen LogP contribution in [-0.2, 0) is 0 Å². The van der Waals surface area contributed by atoms with Crippen LogP contribution in [0.1, 0.15) is 46.1 Å². The standard InChI is InChI=1S/C23H29N3O/c1-4-27-20-11-9-18(10-12-20)24-23-25-21-7-5-6-8-22(21)26(23)19-14-16(2)13-17(3)15-19/h5-12,16-17,19H,4,13-15H2,1-3H3,(H,24,25). The molecule has 4 rings (SSSR count). The van der Waals surface area contributed by atoms with Crippen molar-refractivity contribution in [3.05, 3.63) is 48.5 Å². The molecule has 1 N–H and O–H groups in total. The number of aromatic nitrogens is 2. The van der Waals surface area contributed by atoms with E-state index in [0.29, 0.717) is 12.6 Å². The van der Waals surface area contributed by atoms with Crippen LogP contribution in [0, 0.1) is 11.8 Å². The number of ether oxygens (including phenoxy) is 1. The molecular weight excluding hydrogens is 334 g/mol. The first-order valence-corrected chi connectivity index (χ1v) is 10.1. The predicted molar refractivity (Wildman–Crippen MR) is 112 cm³/mol. The lowest BCUT2D eigenvalue weighted by Gasteiger charge is -2.33. The van der Waals surface area contributed by atoms with Gasteiger partial charge >= 0.3 is 0 Å². The summed E-state index contributed by atoms with van der Waals surface area (Å²) in [6, 6.07) is 17.1. The van der Waals surface area contributed by atoms with E-state index in [9.17, 15) is 0 Å². The van der Waals surface area contributed by atoms with Crippen molar-refractivity contribution in [2.45, 2.75) is 46.1 Å². The number of rotatable bonds is 5.